The van der Waals surface area contributed by atoms with E-state index in [-0.39, 0.29) is 6.04 Å². The summed E-state index contributed by atoms with van der Waals surface area (Å²) in [5.41, 5.74) is 8.00. The lowest BCUT2D eigenvalue weighted by Gasteiger charge is -2.11. The van der Waals surface area contributed by atoms with Crippen molar-refractivity contribution in [3.63, 3.8) is 0 Å². The molecule has 68 valence electrons. The fourth-order valence-corrected chi connectivity index (χ4v) is 1.60. The van der Waals surface area contributed by atoms with Crippen molar-refractivity contribution < 1.29 is 0 Å². The van der Waals surface area contributed by atoms with Crippen molar-refractivity contribution in [3.05, 3.63) is 33.8 Å². The van der Waals surface area contributed by atoms with Gasteiger partial charge in [-0.05, 0) is 30.2 Å². The minimum atomic E-state index is -0.178. The Balaban J connectivity index is 3.00. The van der Waals surface area contributed by atoms with Gasteiger partial charge in [0, 0.05) is 10.5 Å². The van der Waals surface area contributed by atoms with Crippen LogP contribution in [0.1, 0.15) is 23.6 Å². The molecule has 1 aromatic rings. The molecule has 0 spiro atoms. The quantitative estimate of drug-likeness (QED) is 0.862. The highest BCUT2D eigenvalue weighted by Gasteiger charge is 2.08. The van der Waals surface area contributed by atoms with Crippen LogP contribution < -0.4 is 5.73 Å². The van der Waals surface area contributed by atoms with E-state index in [2.05, 4.69) is 22.0 Å². The molecule has 0 aliphatic rings. The molecule has 1 rings (SSSR count). The highest BCUT2D eigenvalue weighted by Crippen LogP contribution is 2.22. The van der Waals surface area contributed by atoms with Crippen molar-refractivity contribution in [2.75, 3.05) is 0 Å². The molecule has 0 bridgehead atoms. The van der Waals surface area contributed by atoms with Gasteiger partial charge in [-0.2, -0.15) is 5.26 Å². The zero-order valence-electron chi connectivity index (χ0n) is 7.42. The van der Waals surface area contributed by atoms with Gasteiger partial charge in [0.1, 0.15) is 0 Å². The summed E-state index contributed by atoms with van der Waals surface area (Å²) in [6.07, 6.45) is 0.358. The maximum atomic E-state index is 8.52. The Bertz CT molecular complexity index is 341. The van der Waals surface area contributed by atoms with Gasteiger partial charge in [-0.3, -0.25) is 0 Å². The zero-order chi connectivity index (χ0) is 9.84. The van der Waals surface area contributed by atoms with Crippen molar-refractivity contribution in [3.8, 4) is 6.07 Å². The summed E-state index contributed by atoms with van der Waals surface area (Å²) in [5.74, 6) is 0. The molecule has 0 fully saturated rings. The summed E-state index contributed by atoms with van der Waals surface area (Å²) >= 11 is 3.38. The summed E-state index contributed by atoms with van der Waals surface area (Å²) in [5, 5.41) is 8.52. The monoisotopic (exact) mass is 238 g/mol. The normalized spacial score (nSPS) is 12.2. The summed E-state index contributed by atoms with van der Waals surface area (Å²) in [6, 6.07) is 7.83. The van der Waals surface area contributed by atoms with Gasteiger partial charge in [0.15, 0.2) is 0 Å². The van der Waals surface area contributed by atoms with E-state index < -0.39 is 0 Å². The van der Waals surface area contributed by atoms with Crippen molar-refractivity contribution in [2.45, 2.75) is 19.4 Å². The fourth-order valence-electron chi connectivity index (χ4n) is 1.22. The van der Waals surface area contributed by atoms with E-state index in [0.29, 0.717) is 6.42 Å². The minimum absolute atomic E-state index is 0.178. The molecular weight excluding hydrogens is 228 g/mol. The smallest absolute Gasteiger partial charge is 0.0641 e. The first kappa shape index (κ1) is 10.2. The predicted octanol–water partition coefficient (Wildman–Crippen LogP) is 2.67. The van der Waals surface area contributed by atoms with E-state index in [0.717, 1.165) is 15.6 Å². The van der Waals surface area contributed by atoms with E-state index >= 15 is 0 Å². The number of nitrogens with two attached hydrogens (primary N) is 1. The van der Waals surface area contributed by atoms with Gasteiger partial charge in [0.25, 0.3) is 0 Å². The lowest BCUT2D eigenvalue weighted by Crippen LogP contribution is -2.10. The van der Waals surface area contributed by atoms with Crippen molar-refractivity contribution in [1.82, 2.24) is 0 Å². The van der Waals surface area contributed by atoms with E-state index in [4.69, 9.17) is 11.0 Å². The Labute approximate surface area is 86.5 Å². The Morgan fingerprint density at radius 2 is 2.31 bits per heavy atom. The fraction of sp³-hybridized carbons (Fsp3) is 0.300. The molecule has 13 heavy (non-hydrogen) atoms. The molecule has 1 atom stereocenters. The number of nitriles is 1. The topological polar surface area (TPSA) is 49.8 Å². The van der Waals surface area contributed by atoms with Crippen LogP contribution >= 0.6 is 15.9 Å². The number of benzene rings is 1. The van der Waals surface area contributed by atoms with Crippen molar-refractivity contribution >= 4 is 15.9 Å². The molecular formula is C10H11BrN2. The molecule has 0 radical (unpaired) electrons. The van der Waals surface area contributed by atoms with Gasteiger partial charge in [-0.1, -0.05) is 22.0 Å². The molecule has 3 heteroatoms. The number of rotatable bonds is 2. The lowest BCUT2D eigenvalue weighted by atomic mass is 10.0. The second-order valence-electron chi connectivity index (χ2n) is 2.97. The third-order valence-electron chi connectivity index (χ3n) is 1.95. The van der Waals surface area contributed by atoms with Crippen LogP contribution in [0.2, 0.25) is 0 Å². The van der Waals surface area contributed by atoms with E-state index in [1.807, 2.05) is 25.1 Å². The Hall–Kier alpha value is -0.850. The van der Waals surface area contributed by atoms with Crippen molar-refractivity contribution in [1.29, 1.82) is 5.26 Å². The number of hydrogen-bond donors (Lipinski definition) is 1. The molecule has 0 aromatic heterocycles. The lowest BCUT2D eigenvalue weighted by molar-refractivity contribution is 0.742. The first-order valence-electron chi connectivity index (χ1n) is 4.03. The molecule has 2 N–H and O–H groups in total. The Kier molecular flexibility index (Phi) is 3.47. The second-order valence-corrected chi connectivity index (χ2v) is 3.89. The van der Waals surface area contributed by atoms with Crippen LogP contribution in [-0.2, 0) is 0 Å². The van der Waals surface area contributed by atoms with Gasteiger partial charge in [0.2, 0.25) is 0 Å². The summed E-state index contributed by atoms with van der Waals surface area (Å²) in [7, 11) is 0. The largest absolute Gasteiger partial charge is 0.323 e. The number of halogens is 1. The van der Waals surface area contributed by atoms with Crippen LogP contribution in [0.5, 0.6) is 0 Å². The van der Waals surface area contributed by atoms with E-state index in [9.17, 15) is 0 Å². The van der Waals surface area contributed by atoms with E-state index in [1.165, 1.54) is 0 Å². The summed E-state index contributed by atoms with van der Waals surface area (Å²) in [4.78, 5) is 0. The van der Waals surface area contributed by atoms with Crippen LogP contribution in [0.15, 0.2) is 22.7 Å². The van der Waals surface area contributed by atoms with Crippen LogP contribution in [0.25, 0.3) is 0 Å². The standard InChI is InChI=1S/C10H11BrN2/c1-7-2-3-8(11)6-9(7)10(13)4-5-12/h2-3,6,10H,4,13H2,1H3/t10-/m0/s1. The summed E-state index contributed by atoms with van der Waals surface area (Å²) in [6.45, 7) is 2.00. The maximum absolute atomic E-state index is 8.52. The number of hydrogen-bond acceptors (Lipinski definition) is 2. The van der Waals surface area contributed by atoms with Crippen molar-refractivity contribution in [2.24, 2.45) is 5.73 Å². The Morgan fingerprint density at radius 1 is 1.62 bits per heavy atom. The minimum Gasteiger partial charge on any atom is -0.323 e. The van der Waals surface area contributed by atoms with Gasteiger partial charge in [-0.25, -0.2) is 0 Å². The van der Waals surface area contributed by atoms with Crippen LogP contribution in [0.3, 0.4) is 0 Å². The Morgan fingerprint density at radius 3 is 2.92 bits per heavy atom. The molecule has 0 saturated heterocycles. The SMILES string of the molecule is Cc1ccc(Br)cc1[C@@H](N)CC#N. The molecule has 0 saturated carbocycles. The second kappa shape index (κ2) is 4.40. The van der Waals surface area contributed by atoms with E-state index in [1.54, 1.807) is 0 Å². The summed E-state index contributed by atoms with van der Waals surface area (Å²) < 4.78 is 1.00. The van der Waals surface area contributed by atoms with Crippen LogP contribution in [-0.4, -0.2) is 0 Å². The molecule has 0 amide bonds. The highest BCUT2D eigenvalue weighted by atomic mass is 79.9. The third-order valence-corrected chi connectivity index (χ3v) is 2.45. The predicted molar refractivity (Wildman–Crippen MR) is 56.0 cm³/mol. The van der Waals surface area contributed by atoms with Gasteiger partial charge >= 0.3 is 0 Å². The zero-order valence-corrected chi connectivity index (χ0v) is 9.01. The molecule has 2 nitrogen and oxygen atoms in total. The average molecular weight is 239 g/mol. The van der Waals surface area contributed by atoms with Gasteiger partial charge < -0.3 is 5.73 Å². The molecule has 0 heterocycles. The highest BCUT2D eigenvalue weighted by molar-refractivity contribution is 9.10. The third kappa shape index (κ3) is 2.55. The van der Waals surface area contributed by atoms with Gasteiger partial charge in [0.05, 0.1) is 12.5 Å². The van der Waals surface area contributed by atoms with Crippen LogP contribution in [0.4, 0.5) is 0 Å². The average Bonchev–Trinajstić information content (AvgIpc) is 2.09. The first-order chi connectivity index (χ1) is 6.15. The van der Waals surface area contributed by atoms with Crippen LogP contribution in [0, 0.1) is 18.3 Å². The first-order valence-corrected chi connectivity index (χ1v) is 4.83. The molecule has 0 aliphatic heterocycles. The maximum Gasteiger partial charge on any atom is 0.0641 e. The molecule has 0 aliphatic carbocycles. The van der Waals surface area contributed by atoms with Gasteiger partial charge in [-0.15, -0.1) is 0 Å². The molecule has 0 unspecified atom stereocenters. The number of nitrogens with zero attached hydrogens (tertiary/aromatic N) is 1. The number of aryl methyl sites for hydroxylation is 1. The molecule has 1 aromatic carbocycles.